The molecule has 1 unspecified atom stereocenters. The van der Waals surface area contributed by atoms with Gasteiger partial charge in [0.15, 0.2) is 0 Å². The van der Waals surface area contributed by atoms with Gasteiger partial charge in [-0.2, -0.15) is 0 Å². The lowest BCUT2D eigenvalue weighted by atomic mass is 10.2. The van der Waals surface area contributed by atoms with E-state index in [1.165, 1.54) is 12.1 Å². The summed E-state index contributed by atoms with van der Waals surface area (Å²) in [6.45, 7) is 0.140. The van der Waals surface area contributed by atoms with Crippen LogP contribution in [0.15, 0.2) is 47.5 Å². The summed E-state index contributed by atoms with van der Waals surface area (Å²) in [4.78, 5) is 0.114. The third-order valence-electron chi connectivity index (χ3n) is 3.14. The van der Waals surface area contributed by atoms with E-state index in [0.717, 1.165) is 5.69 Å². The molecule has 2 N–H and O–H groups in total. The summed E-state index contributed by atoms with van der Waals surface area (Å²) in [5.74, 6) is 0. The molecule has 0 amide bonds. The third-order valence-corrected chi connectivity index (χ3v) is 4.84. The first kappa shape index (κ1) is 16.0. The number of aromatic nitrogens is 1. The van der Waals surface area contributed by atoms with E-state index in [2.05, 4.69) is 4.72 Å². The molecule has 2 aromatic rings. The van der Waals surface area contributed by atoms with Crippen LogP contribution in [0, 0.1) is 0 Å². The lowest BCUT2D eigenvalue weighted by molar-refractivity contribution is 0.161. The zero-order chi connectivity index (χ0) is 15.5. The average molecular weight is 329 g/mol. The van der Waals surface area contributed by atoms with Gasteiger partial charge in [-0.25, -0.2) is 13.1 Å². The third kappa shape index (κ3) is 4.07. The summed E-state index contributed by atoms with van der Waals surface area (Å²) < 4.78 is 28.4. The smallest absolute Gasteiger partial charge is 0.240 e. The maximum absolute atomic E-state index is 12.1. The summed E-state index contributed by atoms with van der Waals surface area (Å²) in [7, 11) is -1.78. The normalized spacial score (nSPS) is 13.3. The van der Waals surface area contributed by atoms with Crippen LogP contribution in [0.3, 0.4) is 0 Å². The Bertz CT molecular complexity index is 713. The van der Waals surface area contributed by atoms with E-state index in [1.807, 2.05) is 19.3 Å². The second-order valence-electron chi connectivity index (χ2n) is 4.70. The summed E-state index contributed by atoms with van der Waals surface area (Å²) in [6, 6.07) is 9.68. The van der Waals surface area contributed by atoms with Crippen molar-refractivity contribution in [2.24, 2.45) is 7.05 Å². The van der Waals surface area contributed by atoms with Crippen molar-refractivity contribution < 1.29 is 13.5 Å². The van der Waals surface area contributed by atoms with Crippen molar-refractivity contribution >= 4 is 21.6 Å². The summed E-state index contributed by atoms with van der Waals surface area (Å²) in [5.41, 5.74) is 0.747. The van der Waals surface area contributed by atoms with Gasteiger partial charge in [-0.1, -0.05) is 17.7 Å². The Morgan fingerprint density at radius 1 is 1.33 bits per heavy atom. The summed E-state index contributed by atoms with van der Waals surface area (Å²) in [5, 5.41) is 10.4. The molecule has 0 aliphatic rings. The first-order chi connectivity index (χ1) is 9.90. The minimum Gasteiger partial charge on any atom is -0.387 e. The average Bonchev–Trinajstić information content (AvgIpc) is 2.85. The molecule has 0 saturated carbocycles. The molecule has 2 rings (SSSR count). The van der Waals surface area contributed by atoms with Gasteiger partial charge in [-0.05, 0) is 36.8 Å². The van der Waals surface area contributed by atoms with Gasteiger partial charge >= 0.3 is 0 Å². The van der Waals surface area contributed by atoms with Crippen LogP contribution in [0.4, 0.5) is 0 Å². The van der Waals surface area contributed by atoms with Crippen LogP contribution < -0.4 is 4.72 Å². The second kappa shape index (κ2) is 6.62. The van der Waals surface area contributed by atoms with Gasteiger partial charge in [-0.3, -0.25) is 0 Å². The van der Waals surface area contributed by atoms with Gasteiger partial charge in [0.2, 0.25) is 10.0 Å². The number of nitrogens with one attached hydrogen (secondary N) is 1. The molecule has 7 heteroatoms. The van der Waals surface area contributed by atoms with E-state index in [9.17, 15) is 13.5 Å². The summed E-state index contributed by atoms with van der Waals surface area (Å²) in [6.07, 6.45) is 1.40. The molecular formula is C14H17ClN2O3S. The minimum atomic E-state index is -3.61. The van der Waals surface area contributed by atoms with Gasteiger partial charge in [0.05, 0.1) is 11.0 Å². The quantitative estimate of drug-likeness (QED) is 0.853. The van der Waals surface area contributed by atoms with Crippen molar-refractivity contribution in [3.05, 3.63) is 53.3 Å². The molecule has 1 heterocycles. The highest BCUT2D eigenvalue weighted by Crippen LogP contribution is 2.17. The Labute approximate surface area is 129 Å². The maximum atomic E-state index is 12.1. The number of nitrogens with zero attached hydrogens (tertiary/aromatic N) is 1. The lowest BCUT2D eigenvalue weighted by Crippen LogP contribution is -2.26. The zero-order valence-electron chi connectivity index (χ0n) is 11.5. The van der Waals surface area contributed by atoms with Gasteiger partial charge < -0.3 is 9.67 Å². The number of rotatable bonds is 6. The van der Waals surface area contributed by atoms with E-state index >= 15 is 0 Å². The molecule has 5 nitrogen and oxygen atoms in total. The number of aliphatic hydroxyl groups excluding tert-OH is 1. The molecule has 1 aromatic heterocycles. The molecule has 21 heavy (non-hydrogen) atoms. The molecule has 0 fully saturated rings. The zero-order valence-corrected chi connectivity index (χ0v) is 13.1. The van der Waals surface area contributed by atoms with E-state index in [-0.39, 0.29) is 17.9 Å². The van der Waals surface area contributed by atoms with Crippen molar-refractivity contribution in [1.29, 1.82) is 0 Å². The van der Waals surface area contributed by atoms with Gasteiger partial charge in [-0.15, -0.1) is 0 Å². The van der Waals surface area contributed by atoms with E-state index in [1.54, 1.807) is 22.8 Å². The van der Waals surface area contributed by atoms with Crippen molar-refractivity contribution in [1.82, 2.24) is 9.29 Å². The fourth-order valence-electron chi connectivity index (χ4n) is 2.02. The van der Waals surface area contributed by atoms with Gasteiger partial charge in [0, 0.05) is 30.5 Å². The second-order valence-corrected chi connectivity index (χ2v) is 6.91. The van der Waals surface area contributed by atoms with Crippen molar-refractivity contribution in [3.8, 4) is 0 Å². The Morgan fingerprint density at radius 2 is 2.10 bits per heavy atom. The van der Waals surface area contributed by atoms with Gasteiger partial charge in [0.25, 0.3) is 0 Å². The Hall–Kier alpha value is -1.34. The number of sulfonamides is 1. The molecule has 1 aromatic carbocycles. The number of halogens is 1. The van der Waals surface area contributed by atoms with Crippen LogP contribution >= 0.6 is 11.6 Å². The maximum Gasteiger partial charge on any atom is 0.240 e. The van der Waals surface area contributed by atoms with Crippen LogP contribution in [0.25, 0.3) is 0 Å². The van der Waals surface area contributed by atoms with Crippen LogP contribution in [-0.4, -0.2) is 24.6 Å². The fraction of sp³-hybridized carbons (Fsp3) is 0.286. The first-order valence-electron chi connectivity index (χ1n) is 6.44. The predicted molar refractivity (Wildman–Crippen MR) is 81.6 cm³/mol. The molecule has 0 aliphatic heterocycles. The molecule has 0 bridgehead atoms. The highest BCUT2D eigenvalue weighted by atomic mass is 35.5. The van der Waals surface area contributed by atoms with Gasteiger partial charge in [0.1, 0.15) is 0 Å². The Kier molecular flexibility index (Phi) is 5.05. The Morgan fingerprint density at radius 3 is 2.71 bits per heavy atom. The molecule has 0 aliphatic carbocycles. The lowest BCUT2D eigenvalue weighted by Gasteiger charge is -2.13. The highest BCUT2D eigenvalue weighted by molar-refractivity contribution is 7.89. The van der Waals surface area contributed by atoms with Crippen LogP contribution in [-0.2, 0) is 17.1 Å². The Balaban J connectivity index is 1.95. The predicted octanol–water partition coefficient (Wildman–Crippen LogP) is 2.08. The fourth-order valence-corrected chi connectivity index (χ4v) is 3.36. The monoisotopic (exact) mass is 328 g/mol. The molecule has 0 saturated heterocycles. The first-order valence-corrected chi connectivity index (χ1v) is 8.31. The van der Waals surface area contributed by atoms with Crippen molar-refractivity contribution in [3.63, 3.8) is 0 Å². The largest absolute Gasteiger partial charge is 0.387 e. The van der Waals surface area contributed by atoms with E-state index in [4.69, 9.17) is 11.6 Å². The van der Waals surface area contributed by atoms with E-state index in [0.29, 0.717) is 5.02 Å². The number of aliphatic hydroxyl groups is 1. The number of aryl methyl sites for hydroxylation is 1. The minimum absolute atomic E-state index is 0.114. The molecular weight excluding hydrogens is 312 g/mol. The van der Waals surface area contributed by atoms with Crippen LogP contribution in [0.1, 0.15) is 18.2 Å². The summed E-state index contributed by atoms with van der Waals surface area (Å²) >= 11 is 5.79. The highest BCUT2D eigenvalue weighted by Gasteiger charge is 2.16. The SMILES string of the molecule is Cn1cccc1C(O)CCNS(=O)(=O)c1cccc(Cl)c1. The topological polar surface area (TPSA) is 71.3 Å². The standard InChI is InChI=1S/C14H17ClN2O3S/c1-17-9-3-6-13(17)14(18)7-8-16-21(19,20)12-5-2-4-11(15)10-12/h2-6,9-10,14,16,18H,7-8H2,1H3. The van der Waals surface area contributed by atoms with Crippen molar-refractivity contribution in [2.75, 3.05) is 6.54 Å². The van der Waals surface area contributed by atoms with Crippen LogP contribution in [0.2, 0.25) is 5.02 Å². The number of benzene rings is 1. The molecule has 0 spiro atoms. The number of hydrogen-bond acceptors (Lipinski definition) is 3. The molecule has 114 valence electrons. The van der Waals surface area contributed by atoms with Crippen molar-refractivity contribution in [2.45, 2.75) is 17.4 Å². The van der Waals surface area contributed by atoms with E-state index < -0.39 is 16.1 Å². The van der Waals surface area contributed by atoms with Crippen LogP contribution in [0.5, 0.6) is 0 Å². The molecule has 1 atom stereocenters. The molecule has 0 radical (unpaired) electrons. The number of hydrogen-bond donors (Lipinski definition) is 2.